The van der Waals surface area contributed by atoms with Crippen LogP contribution in [0.25, 0.3) is 0 Å². The summed E-state index contributed by atoms with van der Waals surface area (Å²) in [6, 6.07) is 0. The molecule has 4 heteroatoms. The molecule has 0 radical (unpaired) electrons. The molecular weight excluding hydrogens is 244 g/mol. The molecule has 0 saturated heterocycles. The van der Waals surface area contributed by atoms with Crippen LogP contribution in [0.3, 0.4) is 0 Å². The summed E-state index contributed by atoms with van der Waals surface area (Å²) in [6.07, 6.45) is -3.80. The van der Waals surface area contributed by atoms with Crippen LogP contribution < -0.4 is 0 Å². The van der Waals surface area contributed by atoms with Gasteiger partial charge in [0.15, 0.2) is 0 Å². The number of hydrogen-bond donors (Lipinski definition) is 0. The molecule has 0 aromatic rings. The molecule has 0 rings (SSSR count). The van der Waals surface area contributed by atoms with Crippen LogP contribution in [-0.4, -0.2) is 10.6 Å². The van der Waals surface area contributed by atoms with Crippen molar-refractivity contribution in [2.24, 2.45) is 5.92 Å². The second-order valence-electron chi connectivity index (χ2n) is 1.80. The lowest BCUT2D eigenvalue weighted by Gasteiger charge is -2.14. The van der Waals surface area contributed by atoms with Crippen LogP contribution in [0.2, 0.25) is 0 Å². The van der Waals surface area contributed by atoms with E-state index in [1.54, 1.807) is 29.5 Å². The third kappa shape index (κ3) is 3.27. The third-order valence-electron chi connectivity index (χ3n) is 1.14. The van der Waals surface area contributed by atoms with E-state index in [-0.39, 0.29) is 10.8 Å². The van der Waals surface area contributed by atoms with Gasteiger partial charge in [0.2, 0.25) is 0 Å². The predicted octanol–water partition coefficient (Wildman–Crippen LogP) is 3.01. The molecule has 9 heavy (non-hydrogen) atoms. The van der Waals surface area contributed by atoms with E-state index >= 15 is 0 Å². The summed E-state index contributed by atoms with van der Waals surface area (Å²) < 4.78 is 35.3. The van der Waals surface area contributed by atoms with Crippen molar-refractivity contribution in [1.29, 1.82) is 0 Å². The lowest BCUT2D eigenvalue weighted by Crippen LogP contribution is -2.23. The minimum absolute atomic E-state index is 0.164. The van der Waals surface area contributed by atoms with E-state index in [2.05, 4.69) is 0 Å². The van der Waals surface area contributed by atoms with E-state index in [0.717, 1.165) is 0 Å². The van der Waals surface area contributed by atoms with Crippen molar-refractivity contribution in [2.75, 3.05) is 4.43 Å². The fraction of sp³-hybridized carbons (Fsp3) is 1.00. The van der Waals surface area contributed by atoms with Gasteiger partial charge in [-0.2, -0.15) is 13.2 Å². The SMILES string of the molecule is CCC(CI)C(F)(F)F. The molecule has 1 unspecified atom stereocenters. The third-order valence-corrected chi connectivity index (χ3v) is 2.21. The smallest absolute Gasteiger partial charge is 0.171 e. The maximum atomic E-state index is 11.7. The summed E-state index contributed by atoms with van der Waals surface area (Å²) in [5, 5.41) is 0. The summed E-state index contributed by atoms with van der Waals surface area (Å²) in [7, 11) is 0. The molecule has 0 saturated carbocycles. The average Bonchev–Trinajstić information content (AvgIpc) is 1.65. The molecule has 0 amide bonds. The van der Waals surface area contributed by atoms with Gasteiger partial charge in [-0.25, -0.2) is 0 Å². The summed E-state index contributed by atoms with van der Waals surface area (Å²) in [5.41, 5.74) is 0. The molecule has 0 aliphatic carbocycles. The van der Waals surface area contributed by atoms with E-state index < -0.39 is 12.1 Å². The van der Waals surface area contributed by atoms with Crippen LogP contribution in [0.4, 0.5) is 13.2 Å². The van der Waals surface area contributed by atoms with E-state index in [0.29, 0.717) is 0 Å². The second kappa shape index (κ2) is 3.63. The quantitative estimate of drug-likeness (QED) is 0.523. The predicted molar refractivity (Wildman–Crippen MR) is 38.7 cm³/mol. The fourth-order valence-corrected chi connectivity index (χ4v) is 1.55. The van der Waals surface area contributed by atoms with Crippen molar-refractivity contribution in [3.05, 3.63) is 0 Å². The first-order chi connectivity index (χ1) is 4.02. The van der Waals surface area contributed by atoms with Gasteiger partial charge in [-0.15, -0.1) is 0 Å². The Bertz CT molecular complexity index is 74.8. The zero-order valence-corrected chi connectivity index (χ0v) is 7.16. The topological polar surface area (TPSA) is 0 Å². The van der Waals surface area contributed by atoms with E-state index in [9.17, 15) is 13.2 Å². The maximum absolute atomic E-state index is 11.7. The Labute approximate surface area is 66.0 Å². The van der Waals surface area contributed by atoms with Crippen molar-refractivity contribution >= 4 is 22.6 Å². The minimum atomic E-state index is -3.99. The summed E-state index contributed by atoms with van der Waals surface area (Å²) in [4.78, 5) is 0. The normalized spacial score (nSPS) is 15.7. The average molecular weight is 252 g/mol. The number of halogens is 4. The molecule has 0 aliphatic rings. The van der Waals surface area contributed by atoms with Gasteiger partial charge in [0, 0.05) is 4.43 Å². The van der Waals surface area contributed by atoms with Crippen LogP contribution >= 0.6 is 22.6 Å². The molecule has 1 atom stereocenters. The van der Waals surface area contributed by atoms with Crippen LogP contribution in [0, 0.1) is 5.92 Å². The van der Waals surface area contributed by atoms with Gasteiger partial charge in [0.25, 0.3) is 0 Å². The number of rotatable bonds is 2. The molecule has 0 nitrogen and oxygen atoms in total. The minimum Gasteiger partial charge on any atom is -0.171 e. The van der Waals surface area contributed by atoms with Crippen molar-refractivity contribution in [3.8, 4) is 0 Å². The zero-order valence-electron chi connectivity index (χ0n) is 5.00. The number of hydrogen-bond acceptors (Lipinski definition) is 0. The van der Waals surface area contributed by atoms with E-state index in [4.69, 9.17) is 0 Å². The molecule has 0 bridgehead atoms. The highest BCUT2D eigenvalue weighted by molar-refractivity contribution is 14.1. The largest absolute Gasteiger partial charge is 0.392 e. The van der Waals surface area contributed by atoms with Gasteiger partial charge < -0.3 is 0 Å². The van der Waals surface area contributed by atoms with Crippen molar-refractivity contribution in [2.45, 2.75) is 19.5 Å². The molecular formula is C5H8F3I. The van der Waals surface area contributed by atoms with Gasteiger partial charge in [-0.1, -0.05) is 29.5 Å². The van der Waals surface area contributed by atoms with Crippen LogP contribution in [0.5, 0.6) is 0 Å². The molecule has 0 spiro atoms. The van der Waals surface area contributed by atoms with Gasteiger partial charge in [-0.3, -0.25) is 0 Å². The fourth-order valence-electron chi connectivity index (χ4n) is 0.428. The van der Waals surface area contributed by atoms with Crippen LogP contribution in [0.15, 0.2) is 0 Å². The van der Waals surface area contributed by atoms with Crippen molar-refractivity contribution in [3.63, 3.8) is 0 Å². The van der Waals surface area contributed by atoms with Crippen molar-refractivity contribution < 1.29 is 13.2 Å². The Morgan fingerprint density at radius 1 is 1.44 bits per heavy atom. The van der Waals surface area contributed by atoms with Gasteiger partial charge in [0.1, 0.15) is 0 Å². The van der Waals surface area contributed by atoms with E-state index in [1.807, 2.05) is 0 Å². The first-order valence-electron chi connectivity index (χ1n) is 2.65. The Morgan fingerprint density at radius 3 is 1.89 bits per heavy atom. The molecule has 56 valence electrons. The Morgan fingerprint density at radius 2 is 1.89 bits per heavy atom. The molecule has 0 aliphatic heterocycles. The highest BCUT2D eigenvalue weighted by atomic mass is 127. The van der Waals surface area contributed by atoms with E-state index in [1.165, 1.54) is 0 Å². The first kappa shape index (κ1) is 9.52. The maximum Gasteiger partial charge on any atom is 0.392 e. The van der Waals surface area contributed by atoms with Crippen molar-refractivity contribution in [1.82, 2.24) is 0 Å². The van der Waals surface area contributed by atoms with Gasteiger partial charge in [-0.05, 0) is 6.42 Å². The van der Waals surface area contributed by atoms with Gasteiger partial charge >= 0.3 is 6.18 Å². The number of alkyl halides is 4. The van der Waals surface area contributed by atoms with Crippen LogP contribution in [-0.2, 0) is 0 Å². The standard InChI is InChI=1S/C5H8F3I/c1-2-4(3-9)5(6,7)8/h4H,2-3H2,1H3. The Kier molecular flexibility index (Phi) is 3.84. The molecule has 0 heterocycles. The lowest BCUT2D eigenvalue weighted by molar-refractivity contribution is -0.167. The van der Waals surface area contributed by atoms with Crippen LogP contribution in [0.1, 0.15) is 13.3 Å². The summed E-state index contributed by atoms with van der Waals surface area (Å²) >= 11 is 1.75. The second-order valence-corrected chi connectivity index (χ2v) is 2.68. The highest BCUT2D eigenvalue weighted by Gasteiger charge is 2.36. The summed E-state index contributed by atoms with van der Waals surface area (Å²) in [5.74, 6) is -1.11. The lowest BCUT2D eigenvalue weighted by atomic mass is 10.1. The van der Waals surface area contributed by atoms with Gasteiger partial charge in [0.05, 0.1) is 5.92 Å². The first-order valence-corrected chi connectivity index (χ1v) is 4.17. The molecule has 0 N–H and O–H groups in total. The summed E-state index contributed by atoms with van der Waals surface area (Å²) in [6.45, 7) is 1.55. The zero-order chi connectivity index (χ0) is 7.49. The monoisotopic (exact) mass is 252 g/mol. The molecule has 0 aromatic heterocycles. The molecule has 0 fully saturated rings. The Hall–Kier alpha value is 0.520. The Balaban J connectivity index is 3.79. The molecule has 0 aromatic carbocycles. The highest BCUT2D eigenvalue weighted by Crippen LogP contribution is 2.29.